The van der Waals surface area contributed by atoms with Gasteiger partial charge in [-0.15, -0.1) is 11.6 Å². The van der Waals surface area contributed by atoms with Gasteiger partial charge in [-0.25, -0.2) is 4.79 Å². The van der Waals surface area contributed by atoms with Crippen LogP contribution in [0.2, 0.25) is 0 Å². The molecular weight excluding hydrogens is 600 g/mol. The topological polar surface area (TPSA) is 85.9 Å². The van der Waals surface area contributed by atoms with E-state index in [1.807, 2.05) is 41.5 Å². The first-order valence-corrected chi connectivity index (χ1v) is 18.8. The molecule has 1 atom stereocenters. The number of hydrogen-bond donors (Lipinski definition) is 2. The monoisotopic (exact) mass is 673 g/mol. The van der Waals surface area contributed by atoms with Crippen molar-refractivity contribution >= 4 is 23.6 Å². The third-order valence-corrected chi connectivity index (χ3v) is 9.37. The summed E-state index contributed by atoms with van der Waals surface area (Å²) >= 11 is 6.42. The number of amides is 2. The van der Waals surface area contributed by atoms with E-state index in [0.717, 1.165) is 31.6 Å². The standard InChI is InChI=1S/C38H73ClN2O5/c1-30(28-34(2,3)39)29-37(8,9)44-26-23-35(4,5)41-32(42)38(10,11)45-27-24-36(6,7)46-33(43)40-25-19-15-18-22-31-20-16-13-12-14-17-21-31/h30-31H,12-29H2,1-11H3,(H,40,43)(H,41,42). The number of alkyl halides is 1. The zero-order chi connectivity index (χ0) is 35.1. The highest BCUT2D eigenvalue weighted by molar-refractivity contribution is 6.23. The summed E-state index contributed by atoms with van der Waals surface area (Å²) in [7, 11) is 0. The average molecular weight is 673 g/mol. The second-order valence-corrected chi connectivity index (χ2v) is 18.2. The Kier molecular flexibility index (Phi) is 18.5. The quantitative estimate of drug-likeness (QED) is 0.0936. The highest BCUT2D eigenvalue weighted by Crippen LogP contribution is 2.30. The molecule has 1 rings (SSSR count). The van der Waals surface area contributed by atoms with Crippen molar-refractivity contribution in [2.24, 2.45) is 11.8 Å². The lowest BCUT2D eigenvalue weighted by atomic mass is 9.87. The molecule has 1 aliphatic carbocycles. The minimum atomic E-state index is -1.03. The van der Waals surface area contributed by atoms with Crippen molar-refractivity contribution in [3.05, 3.63) is 0 Å². The van der Waals surface area contributed by atoms with Gasteiger partial charge in [0.2, 0.25) is 0 Å². The summed E-state index contributed by atoms with van der Waals surface area (Å²) in [5.74, 6) is 1.16. The molecule has 1 aliphatic rings. The van der Waals surface area contributed by atoms with E-state index in [1.54, 1.807) is 13.8 Å². The van der Waals surface area contributed by atoms with Gasteiger partial charge in [-0.2, -0.15) is 0 Å². The fourth-order valence-corrected chi connectivity index (χ4v) is 6.88. The molecule has 2 amide bonds. The van der Waals surface area contributed by atoms with E-state index < -0.39 is 22.8 Å². The van der Waals surface area contributed by atoms with Gasteiger partial charge >= 0.3 is 6.09 Å². The fourth-order valence-electron chi connectivity index (χ4n) is 6.61. The Morgan fingerprint density at radius 3 is 1.96 bits per heavy atom. The van der Waals surface area contributed by atoms with Crippen LogP contribution < -0.4 is 10.6 Å². The summed E-state index contributed by atoms with van der Waals surface area (Å²) in [5.41, 5.74) is -2.49. The number of rotatable bonds is 21. The van der Waals surface area contributed by atoms with E-state index in [9.17, 15) is 9.59 Å². The predicted octanol–water partition coefficient (Wildman–Crippen LogP) is 10.1. The van der Waals surface area contributed by atoms with Gasteiger partial charge in [-0.05, 0) is 107 Å². The van der Waals surface area contributed by atoms with Crippen LogP contribution in [0, 0.1) is 11.8 Å². The molecule has 1 unspecified atom stereocenters. The number of carbonyl (C=O) groups is 2. The number of carbonyl (C=O) groups excluding carboxylic acids is 2. The van der Waals surface area contributed by atoms with Gasteiger partial charge in [0.25, 0.3) is 5.91 Å². The Hall–Kier alpha value is -1.05. The van der Waals surface area contributed by atoms with Crippen LogP contribution in [0.15, 0.2) is 0 Å². The molecule has 0 aromatic carbocycles. The van der Waals surface area contributed by atoms with E-state index >= 15 is 0 Å². The van der Waals surface area contributed by atoms with Crippen molar-refractivity contribution in [1.82, 2.24) is 10.6 Å². The lowest BCUT2D eigenvalue weighted by Gasteiger charge is -2.35. The van der Waals surface area contributed by atoms with Gasteiger partial charge in [0.05, 0.1) is 12.2 Å². The first kappa shape index (κ1) is 43.0. The highest BCUT2D eigenvalue weighted by Gasteiger charge is 2.34. The van der Waals surface area contributed by atoms with Gasteiger partial charge in [0.15, 0.2) is 0 Å². The van der Waals surface area contributed by atoms with E-state index in [0.29, 0.717) is 31.9 Å². The number of halogens is 1. The Bertz CT molecular complexity index is 873. The van der Waals surface area contributed by atoms with Crippen LogP contribution in [0.5, 0.6) is 0 Å². The molecule has 0 aliphatic heterocycles. The SMILES string of the molecule is CC(CC(C)(C)Cl)CC(C)(C)OCCC(C)(C)NC(=O)C(C)(C)OCCC(C)(C)OC(=O)NCCCCCC1CCCCCCC1. The van der Waals surface area contributed by atoms with Crippen molar-refractivity contribution in [2.75, 3.05) is 19.8 Å². The largest absolute Gasteiger partial charge is 0.443 e. The summed E-state index contributed by atoms with van der Waals surface area (Å²) < 4.78 is 18.0. The minimum Gasteiger partial charge on any atom is -0.443 e. The van der Waals surface area contributed by atoms with Crippen LogP contribution in [-0.2, 0) is 19.0 Å². The summed E-state index contributed by atoms with van der Waals surface area (Å²) in [6.45, 7) is 23.3. The van der Waals surface area contributed by atoms with Crippen molar-refractivity contribution in [2.45, 2.75) is 200 Å². The fraction of sp³-hybridized carbons (Fsp3) is 0.947. The first-order chi connectivity index (χ1) is 21.1. The van der Waals surface area contributed by atoms with Crippen molar-refractivity contribution in [3.63, 3.8) is 0 Å². The number of hydrogen-bond acceptors (Lipinski definition) is 5. The van der Waals surface area contributed by atoms with Gasteiger partial charge in [0, 0.05) is 30.0 Å². The molecule has 0 spiro atoms. The van der Waals surface area contributed by atoms with E-state index in [-0.39, 0.29) is 23.0 Å². The second kappa shape index (κ2) is 19.8. The zero-order valence-corrected chi connectivity index (χ0v) is 32.6. The molecule has 0 aromatic rings. The lowest BCUT2D eigenvalue weighted by molar-refractivity contribution is -0.146. The molecule has 1 fully saturated rings. The summed E-state index contributed by atoms with van der Waals surface area (Å²) in [6, 6.07) is 0. The van der Waals surface area contributed by atoms with Gasteiger partial charge in [-0.1, -0.05) is 71.1 Å². The van der Waals surface area contributed by atoms with Crippen LogP contribution in [0.3, 0.4) is 0 Å². The normalized spacial score (nSPS) is 16.8. The number of unbranched alkanes of at least 4 members (excludes halogenated alkanes) is 2. The van der Waals surface area contributed by atoms with Crippen molar-refractivity contribution < 1.29 is 23.8 Å². The maximum Gasteiger partial charge on any atom is 0.407 e. The summed E-state index contributed by atoms with van der Waals surface area (Å²) in [4.78, 5) is 25.4. The van der Waals surface area contributed by atoms with Crippen molar-refractivity contribution in [3.8, 4) is 0 Å². The average Bonchev–Trinajstić information content (AvgIpc) is 2.84. The highest BCUT2D eigenvalue weighted by atomic mass is 35.5. The Labute approximate surface area is 288 Å². The summed E-state index contributed by atoms with van der Waals surface area (Å²) in [5, 5.41) is 6.05. The predicted molar refractivity (Wildman–Crippen MR) is 193 cm³/mol. The molecule has 0 saturated heterocycles. The molecule has 8 heteroatoms. The Morgan fingerprint density at radius 1 is 0.761 bits per heavy atom. The molecule has 0 radical (unpaired) electrons. The third-order valence-electron chi connectivity index (χ3n) is 9.21. The van der Waals surface area contributed by atoms with Gasteiger partial charge in [0.1, 0.15) is 11.2 Å². The van der Waals surface area contributed by atoms with Crippen LogP contribution >= 0.6 is 11.6 Å². The number of ether oxygens (including phenoxy) is 3. The van der Waals surface area contributed by atoms with E-state index in [2.05, 4.69) is 31.4 Å². The van der Waals surface area contributed by atoms with E-state index in [1.165, 1.54) is 57.8 Å². The molecule has 7 nitrogen and oxygen atoms in total. The Balaban J connectivity index is 2.32. The number of alkyl carbamates (subject to hydrolysis) is 1. The van der Waals surface area contributed by atoms with E-state index in [4.69, 9.17) is 25.8 Å². The molecule has 272 valence electrons. The van der Waals surface area contributed by atoms with Gasteiger partial charge in [-0.3, -0.25) is 4.79 Å². The second-order valence-electron chi connectivity index (χ2n) is 17.2. The molecule has 2 N–H and O–H groups in total. The van der Waals surface area contributed by atoms with Crippen LogP contribution in [0.4, 0.5) is 4.79 Å². The molecule has 0 heterocycles. The maximum atomic E-state index is 13.2. The zero-order valence-electron chi connectivity index (χ0n) is 31.8. The maximum absolute atomic E-state index is 13.2. The molecule has 1 saturated carbocycles. The molecule has 46 heavy (non-hydrogen) atoms. The summed E-state index contributed by atoms with van der Waals surface area (Å²) in [6.07, 6.45) is 17.1. The number of nitrogens with one attached hydrogen (secondary N) is 2. The first-order valence-electron chi connectivity index (χ1n) is 18.4. The third kappa shape index (κ3) is 21.0. The Morgan fingerprint density at radius 2 is 1.35 bits per heavy atom. The molecule has 0 bridgehead atoms. The van der Waals surface area contributed by atoms with Crippen LogP contribution in [0.25, 0.3) is 0 Å². The van der Waals surface area contributed by atoms with Crippen molar-refractivity contribution in [1.29, 1.82) is 0 Å². The van der Waals surface area contributed by atoms with Gasteiger partial charge < -0.3 is 24.8 Å². The molecule has 0 aromatic heterocycles. The van der Waals surface area contributed by atoms with Crippen LogP contribution in [0.1, 0.15) is 172 Å². The minimum absolute atomic E-state index is 0.180. The lowest BCUT2D eigenvalue weighted by Crippen LogP contribution is -2.53. The smallest absolute Gasteiger partial charge is 0.407 e. The molecular formula is C38H73ClN2O5. The van der Waals surface area contributed by atoms with Crippen LogP contribution in [-0.4, -0.2) is 59.0 Å².